The Balaban J connectivity index is 3.52. The van der Waals surface area contributed by atoms with E-state index in [1.165, 1.54) is 0 Å². The molecule has 0 aliphatic heterocycles. The van der Waals surface area contributed by atoms with Crippen LogP contribution in [0.2, 0.25) is 0 Å². The molecule has 0 bridgehead atoms. The molecular weight excluding hydrogens is 120 g/mol. The molecule has 0 aromatic rings. The van der Waals surface area contributed by atoms with Gasteiger partial charge in [-0.1, -0.05) is 6.92 Å². The van der Waals surface area contributed by atoms with E-state index in [0.29, 0.717) is 5.11 Å². The average molecular weight is 128 g/mol. The Hall–Kier alpha value is -0.570. The van der Waals surface area contributed by atoms with Crippen molar-refractivity contribution in [3.05, 3.63) is 0 Å². The first-order valence-corrected chi connectivity index (χ1v) is 2.75. The minimum atomic E-state index is 0.312. The molecule has 3 heteroatoms. The van der Waals surface area contributed by atoms with E-state index in [9.17, 15) is 0 Å². The van der Waals surface area contributed by atoms with E-state index in [0.717, 1.165) is 6.42 Å². The van der Waals surface area contributed by atoms with Crippen molar-refractivity contribution >= 4 is 30.3 Å². The molecule has 0 spiro atoms. The van der Waals surface area contributed by atoms with Crippen LogP contribution in [0.5, 0.6) is 0 Å². The van der Waals surface area contributed by atoms with Crippen LogP contribution >= 0.6 is 12.2 Å². The van der Waals surface area contributed by atoms with E-state index >= 15 is 0 Å². The molecular formula is C5H8N2S. The van der Waals surface area contributed by atoms with Crippen molar-refractivity contribution in [3.8, 4) is 0 Å². The van der Waals surface area contributed by atoms with Gasteiger partial charge in [0.25, 0.3) is 0 Å². The van der Waals surface area contributed by atoms with E-state index in [-0.39, 0.29) is 0 Å². The monoisotopic (exact) mass is 128 g/mol. The van der Waals surface area contributed by atoms with Gasteiger partial charge in [-0.15, -0.1) is 0 Å². The van der Waals surface area contributed by atoms with Gasteiger partial charge in [0.05, 0.1) is 0 Å². The van der Waals surface area contributed by atoms with Gasteiger partial charge in [0, 0.05) is 6.21 Å². The first-order valence-electron chi connectivity index (χ1n) is 2.34. The first kappa shape index (κ1) is 7.43. The number of hydrogen-bond donors (Lipinski definition) is 0. The summed E-state index contributed by atoms with van der Waals surface area (Å²) in [6, 6.07) is 0. The molecule has 0 aromatic heterocycles. The highest BCUT2D eigenvalue weighted by Crippen LogP contribution is 1.79. The summed E-state index contributed by atoms with van der Waals surface area (Å²) >= 11 is 4.59. The first-order chi connectivity index (χ1) is 3.81. The Morgan fingerprint density at radius 2 is 2.50 bits per heavy atom. The molecule has 2 nitrogen and oxygen atoms in total. The molecule has 0 radical (unpaired) electrons. The van der Waals surface area contributed by atoms with Crippen LogP contribution in [0.1, 0.15) is 13.3 Å². The topological polar surface area (TPSA) is 24.7 Å². The lowest BCUT2D eigenvalue weighted by molar-refractivity contribution is 1.32. The SMILES string of the molecule is C=NC(=S)N=CCC. The minimum absolute atomic E-state index is 0.312. The van der Waals surface area contributed by atoms with E-state index in [1.807, 2.05) is 6.92 Å². The maximum absolute atomic E-state index is 4.59. The van der Waals surface area contributed by atoms with E-state index in [2.05, 4.69) is 28.9 Å². The van der Waals surface area contributed by atoms with Crippen LogP contribution in [0.4, 0.5) is 0 Å². The molecule has 0 saturated carbocycles. The second-order valence-corrected chi connectivity index (χ2v) is 1.53. The summed E-state index contributed by atoms with van der Waals surface area (Å²) in [5.41, 5.74) is 0. The third-order valence-electron chi connectivity index (χ3n) is 0.520. The lowest BCUT2D eigenvalue weighted by atomic mass is 10.5. The highest BCUT2D eigenvalue weighted by atomic mass is 32.1. The Kier molecular flexibility index (Phi) is 4.26. The number of rotatable bonds is 1. The van der Waals surface area contributed by atoms with Gasteiger partial charge in [-0.05, 0) is 25.4 Å². The quantitative estimate of drug-likeness (QED) is 0.387. The summed E-state index contributed by atoms with van der Waals surface area (Å²) in [6.07, 6.45) is 2.59. The Bertz CT molecular complexity index is 118. The van der Waals surface area contributed by atoms with Gasteiger partial charge in [-0.3, -0.25) is 0 Å². The number of nitrogens with zero attached hydrogens (tertiary/aromatic N) is 2. The maximum Gasteiger partial charge on any atom is 0.218 e. The van der Waals surface area contributed by atoms with E-state index in [1.54, 1.807) is 6.21 Å². The highest BCUT2D eigenvalue weighted by Gasteiger charge is 1.77. The van der Waals surface area contributed by atoms with Gasteiger partial charge in [0.1, 0.15) is 0 Å². The van der Waals surface area contributed by atoms with Crippen molar-refractivity contribution < 1.29 is 0 Å². The van der Waals surface area contributed by atoms with Gasteiger partial charge >= 0.3 is 0 Å². The zero-order valence-corrected chi connectivity index (χ0v) is 5.61. The second-order valence-electron chi connectivity index (χ2n) is 1.16. The summed E-state index contributed by atoms with van der Waals surface area (Å²) in [5, 5.41) is 0.312. The molecule has 0 aliphatic rings. The van der Waals surface area contributed by atoms with Crippen LogP contribution in [0.25, 0.3) is 0 Å². The summed E-state index contributed by atoms with van der Waals surface area (Å²) in [4.78, 5) is 7.15. The third kappa shape index (κ3) is 3.61. The molecule has 0 unspecified atom stereocenters. The van der Waals surface area contributed by atoms with E-state index in [4.69, 9.17) is 0 Å². The van der Waals surface area contributed by atoms with Gasteiger partial charge in [0.15, 0.2) is 0 Å². The Morgan fingerprint density at radius 3 is 2.88 bits per heavy atom. The molecule has 0 N–H and O–H groups in total. The molecule has 44 valence electrons. The fourth-order valence-corrected chi connectivity index (χ4v) is 0.285. The van der Waals surface area contributed by atoms with Crippen molar-refractivity contribution in [3.63, 3.8) is 0 Å². The number of aliphatic imine (C=N–C) groups is 2. The summed E-state index contributed by atoms with van der Waals surface area (Å²) in [6.45, 7) is 5.19. The normalized spacial score (nSPS) is 9.62. The molecule has 0 aliphatic carbocycles. The second kappa shape index (κ2) is 4.59. The van der Waals surface area contributed by atoms with Crippen LogP contribution < -0.4 is 0 Å². The average Bonchev–Trinajstić information content (AvgIpc) is 1.83. The van der Waals surface area contributed by atoms with Crippen LogP contribution in [0.15, 0.2) is 9.98 Å². The molecule has 0 rings (SSSR count). The van der Waals surface area contributed by atoms with Crippen molar-refractivity contribution in [2.75, 3.05) is 0 Å². The van der Waals surface area contributed by atoms with Crippen molar-refractivity contribution in [1.29, 1.82) is 0 Å². The fourth-order valence-electron chi connectivity index (χ4n) is 0.210. The van der Waals surface area contributed by atoms with Gasteiger partial charge in [-0.2, -0.15) is 0 Å². The third-order valence-corrected chi connectivity index (χ3v) is 0.754. The minimum Gasteiger partial charge on any atom is -0.235 e. The Morgan fingerprint density at radius 1 is 1.88 bits per heavy atom. The lowest BCUT2D eigenvalue weighted by Gasteiger charge is -1.80. The van der Waals surface area contributed by atoms with Gasteiger partial charge in [-0.25, -0.2) is 9.98 Å². The molecule has 0 aromatic carbocycles. The molecule has 8 heavy (non-hydrogen) atoms. The standard InChI is InChI=1S/C5H8N2S/c1-3-4-7-5(8)6-2/h4H,2-3H2,1H3. The van der Waals surface area contributed by atoms with Crippen molar-refractivity contribution in [1.82, 2.24) is 0 Å². The molecule has 0 heterocycles. The fraction of sp³-hybridized carbons (Fsp3) is 0.400. The predicted octanol–water partition coefficient (Wildman–Crippen LogP) is 1.45. The molecule has 0 amide bonds. The molecule has 0 saturated heterocycles. The molecule has 0 atom stereocenters. The van der Waals surface area contributed by atoms with Crippen molar-refractivity contribution in [2.24, 2.45) is 9.98 Å². The Labute approximate surface area is 54.3 Å². The van der Waals surface area contributed by atoms with Gasteiger partial charge < -0.3 is 0 Å². The summed E-state index contributed by atoms with van der Waals surface area (Å²) in [5.74, 6) is 0. The van der Waals surface area contributed by atoms with Gasteiger partial charge in [0.2, 0.25) is 5.11 Å². The van der Waals surface area contributed by atoms with Crippen molar-refractivity contribution in [2.45, 2.75) is 13.3 Å². The largest absolute Gasteiger partial charge is 0.235 e. The number of thiocarbonyl (C=S) groups is 1. The predicted molar refractivity (Wildman–Crippen MR) is 40.9 cm³/mol. The zero-order valence-electron chi connectivity index (χ0n) is 4.79. The summed E-state index contributed by atoms with van der Waals surface area (Å²) in [7, 11) is 0. The lowest BCUT2D eigenvalue weighted by Crippen LogP contribution is -1.80. The smallest absolute Gasteiger partial charge is 0.218 e. The van der Waals surface area contributed by atoms with Crippen LogP contribution in [-0.4, -0.2) is 18.0 Å². The summed E-state index contributed by atoms with van der Waals surface area (Å²) < 4.78 is 0. The maximum atomic E-state index is 4.59. The van der Waals surface area contributed by atoms with Crippen LogP contribution in [0, 0.1) is 0 Å². The van der Waals surface area contributed by atoms with E-state index < -0.39 is 0 Å². The molecule has 0 fully saturated rings. The van der Waals surface area contributed by atoms with Crippen LogP contribution in [-0.2, 0) is 0 Å². The highest BCUT2D eigenvalue weighted by molar-refractivity contribution is 7.80. The zero-order chi connectivity index (χ0) is 6.41. The van der Waals surface area contributed by atoms with Crippen LogP contribution in [0.3, 0.4) is 0 Å². The number of hydrogen-bond acceptors (Lipinski definition) is 1.